The quantitative estimate of drug-likeness (QED) is 0.471. The molecule has 1 atom stereocenters. The first-order valence-corrected chi connectivity index (χ1v) is 10.6. The molecule has 0 saturated carbocycles. The van der Waals surface area contributed by atoms with E-state index >= 15 is 0 Å². The summed E-state index contributed by atoms with van der Waals surface area (Å²) >= 11 is 2.71. The number of fused-ring (bicyclic) bond motifs is 1. The molecule has 0 bridgehead atoms. The highest BCUT2D eigenvalue weighted by Crippen LogP contribution is 2.31. The van der Waals surface area contributed by atoms with Crippen LogP contribution in [0.5, 0.6) is 0 Å². The Morgan fingerprint density at radius 3 is 2.64 bits per heavy atom. The summed E-state index contributed by atoms with van der Waals surface area (Å²) in [5.41, 5.74) is 1.27. The molecule has 0 aliphatic rings. The summed E-state index contributed by atoms with van der Waals surface area (Å²) in [4.78, 5) is 32.1. The number of hydrogen-bond donors (Lipinski definition) is 1. The van der Waals surface area contributed by atoms with Gasteiger partial charge in [-0.25, -0.2) is 9.37 Å². The zero-order valence-corrected chi connectivity index (χ0v) is 18.0. The van der Waals surface area contributed by atoms with Crippen LogP contribution in [0.25, 0.3) is 10.2 Å². The standard InChI is InChI=1S/C20H22FN3O2S2/c1-10(2)24-19(26)16-11(3)12(4)27-18(16)23-20(24)28-13(5)17(25)22-15-8-6-7-14(21)9-15/h6-10,13H,1-5H3,(H,22,25)/t13-/m1/s1. The summed E-state index contributed by atoms with van der Waals surface area (Å²) in [5.74, 6) is -0.693. The Bertz CT molecular complexity index is 1100. The monoisotopic (exact) mass is 419 g/mol. The molecule has 28 heavy (non-hydrogen) atoms. The van der Waals surface area contributed by atoms with Gasteiger partial charge in [0.1, 0.15) is 10.6 Å². The van der Waals surface area contributed by atoms with Crippen molar-refractivity contribution in [3.05, 3.63) is 50.9 Å². The molecule has 2 heterocycles. The van der Waals surface area contributed by atoms with Gasteiger partial charge < -0.3 is 5.32 Å². The van der Waals surface area contributed by atoms with Gasteiger partial charge in [-0.1, -0.05) is 17.8 Å². The number of rotatable bonds is 5. The first-order valence-electron chi connectivity index (χ1n) is 8.94. The molecular formula is C20H22FN3O2S2. The van der Waals surface area contributed by atoms with E-state index in [1.165, 1.54) is 41.3 Å². The van der Waals surface area contributed by atoms with Crippen molar-refractivity contribution in [3.8, 4) is 0 Å². The summed E-state index contributed by atoms with van der Waals surface area (Å²) in [5, 5.41) is 3.35. The second-order valence-electron chi connectivity index (χ2n) is 6.89. The second-order valence-corrected chi connectivity index (χ2v) is 9.40. The number of benzene rings is 1. The van der Waals surface area contributed by atoms with E-state index in [9.17, 15) is 14.0 Å². The lowest BCUT2D eigenvalue weighted by Crippen LogP contribution is -2.28. The fraction of sp³-hybridized carbons (Fsp3) is 0.350. The third-order valence-electron chi connectivity index (χ3n) is 4.46. The highest BCUT2D eigenvalue weighted by atomic mass is 32.2. The minimum atomic E-state index is -0.514. The normalized spacial score (nSPS) is 12.5. The zero-order chi connectivity index (χ0) is 20.6. The molecule has 5 nitrogen and oxygen atoms in total. The lowest BCUT2D eigenvalue weighted by Gasteiger charge is -2.18. The van der Waals surface area contributed by atoms with Gasteiger partial charge in [-0.05, 0) is 58.4 Å². The minimum absolute atomic E-state index is 0.0814. The number of carbonyl (C=O) groups excluding carboxylic acids is 1. The fourth-order valence-corrected chi connectivity index (χ4v) is 4.96. The first-order chi connectivity index (χ1) is 13.2. The van der Waals surface area contributed by atoms with Gasteiger partial charge in [-0.3, -0.25) is 14.2 Å². The Hall–Kier alpha value is -2.19. The van der Waals surface area contributed by atoms with Crippen LogP contribution in [0.15, 0.2) is 34.2 Å². The molecule has 0 aliphatic heterocycles. The topological polar surface area (TPSA) is 64.0 Å². The molecule has 1 N–H and O–H groups in total. The maximum absolute atomic E-state index is 13.3. The average Bonchev–Trinajstić information content (AvgIpc) is 2.88. The number of nitrogens with zero attached hydrogens (tertiary/aromatic N) is 2. The van der Waals surface area contributed by atoms with Gasteiger partial charge in [-0.2, -0.15) is 0 Å². The molecule has 0 radical (unpaired) electrons. The summed E-state index contributed by atoms with van der Waals surface area (Å²) < 4.78 is 15.0. The molecule has 0 saturated heterocycles. The van der Waals surface area contributed by atoms with Crippen molar-refractivity contribution < 1.29 is 9.18 Å². The van der Waals surface area contributed by atoms with Gasteiger partial charge in [0.25, 0.3) is 5.56 Å². The second kappa shape index (κ2) is 8.05. The number of thioether (sulfide) groups is 1. The van der Waals surface area contributed by atoms with Crippen molar-refractivity contribution in [2.75, 3.05) is 5.32 Å². The number of aryl methyl sites for hydroxylation is 2. The van der Waals surface area contributed by atoms with Crippen molar-refractivity contribution in [1.82, 2.24) is 9.55 Å². The number of thiophene rings is 1. The van der Waals surface area contributed by atoms with Crippen LogP contribution in [-0.4, -0.2) is 20.7 Å². The Balaban J connectivity index is 1.93. The largest absolute Gasteiger partial charge is 0.325 e. The number of hydrogen-bond acceptors (Lipinski definition) is 5. The summed E-state index contributed by atoms with van der Waals surface area (Å²) in [6.07, 6.45) is 0. The number of anilines is 1. The van der Waals surface area contributed by atoms with Crippen molar-refractivity contribution >= 4 is 44.9 Å². The SMILES string of the molecule is Cc1sc2nc(S[C@H](C)C(=O)Nc3cccc(F)c3)n(C(C)C)c(=O)c2c1C. The number of amides is 1. The molecule has 0 unspecified atom stereocenters. The lowest BCUT2D eigenvalue weighted by molar-refractivity contribution is -0.115. The zero-order valence-electron chi connectivity index (χ0n) is 16.4. The van der Waals surface area contributed by atoms with E-state index < -0.39 is 11.1 Å². The Labute approximate surface area is 171 Å². The van der Waals surface area contributed by atoms with Crippen LogP contribution in [0.1, 0.15) is 37.3 Å². The van der Waals surface area contributed by atoms with Crippen LogP contribution in [0.3, 0.4) is 0 Å². The van der Waals surface area contributed by atoms with Crippen molar-refractivity contribution in [3.63, 3.8) is 0 Å². The minimum Gasteiger partial charge on any atom is -0.325 e. The van der Waals surface area contributed by atoms with Crippen LogP contribution in [-0.2, 0) is 4.79 Å². The van der Waals surface area contributed by atoms with E-state index in [1.807, 2.05) is 27.7 Å². The summed E-state index contributed by atoms with van der Waals surface area (Å²) in [6.45, 7) is 9.49. The smallest absolute Gasteiger partial charge is 0.263 e. The molecule has 8 heteroatoms. The van der Waals surface area contributed by atoms with E-state index in [2.05, 4.69) is 10.3 Å². The predicted octanol–water partition coefficient (Wildman–Crippen LogP) is 4.91. The molecule has 2 aromatic heterocycles. The van der Waals surface area contributed by atoms with E-state index in [0.717, 1.165) is 10.4 Å². The van der Waals surface area contributed by atoms with Gasteiger partial charge in [0.05, 0.1) is 10.6 Å². The Kier molecular flexibility index (Phi) is 5.90. The van der Waals surface area contributed by atoms with Crippen LogP contribution >= 0.6 is 23.1 Å². The lowest BCUT2D eigenvalue weighted by atomic mass is 10.2. The molecular weight excluding hydrogens is 397 g/mol. The van der Waals surface area contributed by atoms with Gasteiger partial charge >= 0.3 is 0 Å². The highest BCUT2D eigenvalue weighted by molar-refractivity contribution is 8.00. The van der Waals surface area contributed by atoms with Crippen molar-refractivity contribution in [1.29, 1.82) is 0 Å². The van der Waals surface area contributed by atoms with Crippen LogP contribution < -0.4 is 10.9 Å². The molecule has 0 spiro atoms. The Morgan fingerprint density at radius 2 is 2.00 bits per heavy atom. The van der Waals surface area contributed by atoms with Crippen molar-refractivity contribution in [2.24, 2.45) is 0 Å². The summed E-state index contributed by atoms with van der Waals surface area (Å²) in [6, 6.07) is 5.66. The fourth-order valence-electron chi connectivity index (χ4n) is 2.85. The highest BCUT2D eigenvalue weighted by Gasteiger charge is 2.22. The number of carbonyl (C=O) groups is 1. The molecule has 0 aliphatic carbocycles. The van der Waals surface area contributed by atoms with Crippen molar-refractivity contribution in [2.45, 2.75) is 51.1 Å². The number of aromatic nitrogens is 2. The van der Waals surface area contributed by atoms with E-state index in [4.69, 9.17) is 0 Å². The van der Waals surface area contributed by atoms with Gasteiger partial charge in [-0.15, -0.1) is 11.3 Å². The predicted molar refractivity (Wildman–Crippen MR) is 114 cm³/mol. The number of nitrogens with one attached hydrogen (secondary N) is 1. The third kappa shape index (κ3) is 3.98. The third-order valence-corrected chi connectivity index (χ3v) is 6.63. The van der Waals surface area contributed by atoms with Crippen LogP contribution in [0, 0.1) is 19.7 Å². The molecule has 3 rings (SSSR count). The molecule has 1 amide bonds. The molecule has 148 valence electrons. The first kappa shape index (κ1) is 20.5. The van der Waals surface area contributed by atoms with Gasteiger partial charge in [0, 0.05) is 16.6 Å². The van der Waals surface area contributed by atoms with Gasteiger partial charge in [0.15, 0.2) is 5.16 Å². The number of halogens is 1. The average molecular weight is 420 g/mol. The van der Waals surface area contributed by atoms with E-state index in [0.29, 0.717) is 21.1 Å². The van der Waals surface area contributed by atoms with E-state index in [1.54, 1.807) is 17.6 Å². The van der Waals surface area contributed by atoms with E-state index in [-0.39, 0.29) is 17.5 Å². The van der Waals surface area contributed by atoms with Gasteiger partial charge in [0.2, 0.25) is 5.91 Å². The molecule has 1 aromatic carbocycles. The maximum Gasteiger partial charge on any atom is 0.263 e. The Morgan fingerprint density at radius 1 is 1.29 bits per heavy atom. The molecule has 0 fully saturated rings. The van der Waals surface area contributed by atoms with Crippen LogP contribution in [0.2, 0.25) is 0 Å². The molecule has 3 aromatic rings. The van der Waals surface area contributed by atoms with Crippen LogP contribution in [0.4, 0.5) is 10.1 Å². The maximum atomic E-state index is 13.3. The summed E-state index contributed by atoms with van der Waals surface area (Å²) in [7, 11) is 0.